The first-order valence-electron chi connectivity index (χ1n) is 6.58. The Kier molecular flexibility index (Phi) is 6.27. The summed E-state index contributed by atoms with van der Waals surface area (Å²) in [7, 11) is 0. The molecule has 2 rings (SSSR count). The molecule has 5 nitrogen and oxygen atoms in total. The molecule has 0 bridgehead atoms. The summed E-state index contributed by atoms with van der Waals surface area (Å²) in [6.07, 6.45) is 0.281. The molecule has 8 heteroatoms. The van der Waals surface area contributed by atoms with Crippen molar-refractivity contribution in [3.63, 3.8) is 0 Å². The quantitative estimate of drug-likeness (QED) is 0.440. The molecule has 23 heavy (non-hydrogen) atoms. The molecule has 0 fully saturated rings. The minimum absolute atomic E-state index is 0.0336. The smallest absolute Gasteiger partial charge is 0.289 e. The molecular weight excluding hydrogens is 359 g/mol. The van der Waals surface area contributed by atoms with Gasteiger partial charge in [-0.1, -0.05) is 23.2 Å². The van der Waals surface area contributed by atoms with Crippen LogP contribution in [0.1, 0.15) is 6.42 Å². The second-order valence-corrected chi connectivity index (χ2v) is 6.54. The Balaban J connectivity index is 1.86. The Labute approximate surface area is 147 Å². The molecule has 0 unspecified atom stereocenters. The lowest BCUT2D eigenvalue weighted by atomic mass is 10.2. The van der Waals surface area contributed by atoms with Gasteiger partial charge in [0.2, 0.25) is 5.91 Å². The van der Waals surface area contributed by atoms with Crippen molar-refractivity contribution >= 4 is 52.2 Å². The van der Waals surface area contributed by atoms with Crippen molar-refractivity contribution in [3.05, 3.63) is 62.6 Å². The van der Waals surface area contributed by atoms with Gasteiger partial charge in [-0.3, -0.25) is 14.9 Å². The van der Waals surface area contributed by atoms with Crippen molar-refractivity contribution in [2.24, 2.45) is 0 Å². The number of thioether (sulfide) groups is 1. The fourth-order valence-electron chi connectivity index (χ4n) is 1.75. The average Bonchev–Trinajstić information content (AvgIpc) is 2.51. The largest absolute Gasteiger partial charge is 0.326 e. The molecule has 0 saturated carbocycles. The van der Waals surface area contributed by atoms with Crippen molar-refractivity contribution < 1.29 is 9.72 Å². The number of carbonyl (C=O) groups excluding carboxylic acids is 1. The monoisotopic (exact) mass is 370 g/mol. The predicted octanol–water partition coefficient (Wildman–Crippen LogP) is 5.02. The number of hydrogen-bond donors (Lipinski definition) is 1. The number of nitrogens with one attached hydrogen (secondary N) is 1. The van der Waals surface area contributed by atoms with Crippen molar-refractivity contribution in [3.8, 4) is 0 Å². The second-order valence-electron chi connectivity index (χ2n) is 4.52. The van der Waals surface area contributed by atoms with Gasteiger partial charge in [-0.15, -0.1) is 11.8 Å². The van der Waals surface area contributed by atoms with Crippen molar-refractivity contribution in [1.82, 2.24) is 0 Å². The average molecular weight is 371 g/mol. The Morgan fingerprint density at radius 3 is 2.52 bits per heavy atom. The first-order chi connectivity index (χ1) is 11.0. The summed E-state index contributed by atoms with van der Waals surface area (Å²) in [6, 6.07) is 11.5. The summed E-state index contributed by atoms with van der Waals surface area (Å²) in [4.78, 5) is 23.1. The number of carbonyl (C=O) groups is 1. The van der Waals surface area contributed by atoms with Gasteiger partial charge >= 0.3 is 0 Å². The number of benzene rings is 2. The number of nitrogens with zero attached hydrogens (tertiary/aromatic N) is 1. The number of rotatable bonds is 6. The summed E-state index contributed by atoms with van der Waals surface area (Å²) < 4.78 is 0. The zero-order valence-electron chi connectivity index (χ0n) is 11.8. The standard InChI is InChI=1S/C15H12Cl2N2O3S/c16-10-1-4-12(5-2-10)23-8-7-15(20)18-11-3-6-13(17)14(9-11)19(21)22/h1-6,9H,7-8H2,(H,18,20). The van der Waals surface area contributed by atoms with E-state index in [9.17, 15) is 14.9 Å². The summed E-state index contributed by atoms with van der Waals surface area (Å²) >= 11 is 13.1. The molecular formula is C15H12Cl2N2O3S. The molecule has 2 aromatic rings. The zero-order chi connectivity index (χ0) is 16.8. The maximum absolute atomic E-state index is 11.9. The third kappa shape index (κ3) is 5.42. The molecule has 0 saturated heterocycles. The van der Waals surface area contributed by atoms with E-state index in [1.54, 1.807) is 12.1 Å². The zero-order valence-corrected chi connectivity index (χ0v) is 14.1. The van der Waals surface area contributed by atoms with Crippen LogP contribution in [0, 0.1) is 10.1 Å². The van der Waals surface area contributed by atoms with Gasteiger partial charge in [0, 0.05) is 33.8 Å². The van der Waals surface area contributed by atoms with E-state index >= 15 is 0 Å². The molecule has 0 radical (unpaired) electrons. The molecule has 0 aliphatic rings. The Hall–Kier alpha value is -1.76. The minimum Gasteiger partial charge on any atom is -0.326 e. The number of anilines is 1. The topological polar surface area (TPSA) is 72.2 Å². The molecule has 0 aromatic heterocycles. The van der Waals surface area contributed by atoms with E-state index in [1.807, 2.05) is 12.1 Å². The number of amides is 1. The van der Waals surface area contributed by atoms with E-state index in [1.165, 1.54) is 30.0 Å². The highest BCUT2D eigenvalue weighted by Crippen LogP contribution is 2.27. The Morgan fingerprint density at radius 2 is 1.87 bits per heavy atom. The number of halogens is 2. The maximum atomic E-state index is 11.9. The molecule has 0 heterocycles. The summed E-state index contributed by atoms with van der Waals surface area (Å²) in [5, 5.41) is 14.1. The summed E-state index contributed by atoms with van der Waals surface area (Å²) in [6.45, 7) is 0. The Morgan fingerprint density at radius 1 is 1.17 bits per heavy atom. The molecule has 2 aromatic carbocycles. The van der Waals surface area contributed by atoms with Crippen LogP contribution in [-0.2, 0) is 4.79 Å². The van der Waals surface area contributed by atoms with Gasteiger partial charge in [-0.2, -0.15) is 0 Å². The van der Waals surface area contributed by atoms with Crippen LogP contribution in [0.15, 0.2) is 47.4 Å². The van der Waals surface area contributed by atoms with Crippen LogP contribution in [0.25, 0.3) is 0 Å². The van der Waals surface area contributed by atoms with Gasteiger partial charge in [0.25, 0.3) is 5.69 Å². The van der Waals surface area contributed by atoms with E-state index in [2.05, 4.69) is 5.32 Å². The Bertz CT molecular complexity index is 723. The number of nitro groups is 1. The number of nitro benzene ring substituents is 1. The van der Waals surface area contributed by atoms with E-state index in [0.717, 1.165) is 4.90 Å². The molecule has 120 valence electrons. The summed E-state index contributed by atoms with van der Waals surface area (Å²) in [5.41, 5.74) is 0.114. The lowest BCUT2D eigenvalue weighted by Crippen LogP contribution is -2.12. The second kappa shape index (κ2) is 8.19. The van der Waals surface area contributed by atoms with Crippen LogP contribution in [0.2, 0.25) is 10.0 Å². The van der Waals surface area contributed by atoms with Crippen LogP contribution >= 0.6 is 35.0 Å². The highest BCUT2D eigenvalue weighted by atomic mass is 35.5. The molecule has 0 spiro atoms. The molecule has 0 aliphatic heterocycles. The third-order valence-corrected chi connectivity index (χ3v) is 4.42. The highest BCUT2D eigenvalue weighted by Gasteiger charge is 2.13. The highest BCUT2D eigenvalue weighted by molar-refractivity contribution is 7.99. The molecule has 1 amide bonds. The lowest BCUT2D eigenvalue weighted by molar-refractivity contribution is -0.384. The van der Waals surface area contributed by atoms with Gasteiger partial charge < -0.3 is 5.32 Å². The van der Waals surface area contributed by atoms with Crippen LogP contribution < -0.4 is 5.32 Å². The molecule has 0 atom stereocenters. The van der Waals surface area contributed by atoms with E-state index in [0.29, 0.717) is 16.5 Å². The lowest BCUT2D eigenvalue weighted by Gasteiger charge is -2.06. The first-order valence-corrected chi connectivity index (χ1v) is 8.32. The number of hydrogen-bond acceptors (Lipinski definition) is 4. The van der Waals surface area contributed by atoms with Gasteiger partial charge in [0.1, 0.15) is 5.02 Å². The van der Waals surface area contributed by atoms with Crippen LogP contribution in [0.4, 0.5) is 11.4 Å². The van der Waals surface area contributed by atoms with Gasteiger partial charge in [-0.05, 0) is 36.4 Å². The minimum atomic E-state index is -0.589. The first kappa shape index (κ1) is 17.6. The molecule has 1 N–H and O–H groups in total. The maximum Gasteiger partial charge on any atom is 0.289 e. The van der Waals surface area contributed by atoms with Crippen molar-refractivity contribution in [1.29, 1.82) is 0 Å². The van der Waals surface area contributed by atoms with Crippen LogP contribution in [0.3, 0.4) is 0 Å². The van der Waals surface area contributed by atoms with Gasteiger partial charge in [0.15, 0.2) is 0 Å². The third-order valence-electron chi connectivity index (χ3n) is 2.84. The predicted molar refractivity (Wildman–Crippen MR) is 93.5 cm³/mol. The SMILES string of the molecule is O=C(CCSc1ccc(Cl)cc1)Nc1ccc(Cl)c([N+](=O)[O-])c1. The van der Waals surface area contributed by atoms with Crippen molar-refractivity contribution in [2.75, 3.05) is 11.1 Å². The van der Waals surface area contributed by atoms with Crippen LogP contribution in [0.5, 0.6) is 0 Å². The van der Waals surface area contributed by atoms with E-state index in [-0.39, 0.29) is 23.0 Å². The van der Waals surface area contributed by atoms with Gasteiger partial charge in [0.05, 0.1) is 4.92 Å². The fraction of sp³-hybridized carbons (Fsp3) is 0.133. The van der Waals surface area contributed by atoms with Crippen LogP contribution in [-0.4, -0.2) is 16.6 Å². The summed E-state index contributed by atoms with van der Waals surface area (Å²) in [5.74, 6) is 0.367. The molecule has 0 aliphatic carbocycles. The van der Waals surface area contributed by atoms with E-state index < -0.39 is 4.92 Å². The van der Waals surface area contributed by atoms with Gasteiger partial charge in [-0.25, -0.2) is 0 Å². The fourth-order valence-corrected chi connectivity index (χ4v) is 2.91. The normalized spacial score (nSPS) is 10.3. The van der Waals surface area contributed by atoms with E-state index in [4.69, 9.17) is 23.2 Å². The van der Waals surface area contributed by atoms with Crippen molar-refractivity contribution in [2.45, 2.75) is 11.3 Å².